The summed E-state index contributed by atoms with van der Waals surface area (Å²) in [5.74, 6) is -0.122. The zero-order chi connectivity index (χ0) is 13.1. The number of allylic oxidation sites excluding steroid dienone is 1. The van der Waals surface area contributed by atoms with Gasteiger partial charge in [0.15, 0.2) is 5.78 Å². The molecule has 1 aromatic heterocycles. The normalized spacial score (nSPS) is 11.1. The Bertz CT molecular complexity index is 596. The summed E-state index contributed by atoms with van der Waals surface area (Å²) in [5, 5.41) is 1.02. The highest BCUT2D eigenvalue weighted by molar-refractivity contribution is 7.18. The fraction of sp³-hybridized carbons (Fsp3) is 0. The van der Waals surface area contributed by atoms with E-state index in [0.29, 0.717) is 24.8 Å². The Hall–Kier alpha value is -0.800. The molecule has 0 aliphatic heterocycles. The lowest BCUT2D eigenvalue weighted by atomic mass is 10.2. The van der Waals surface area contributed by atoms with Crippen LogP contribution in [0.1, 0.15) is 15.2 Å². The summed E-state index contributed by atoms with van der Waals surface area (Å²) >= 11 is 19.0. The topological polar surface area (TPSA) is 17.1 Å². The second kappa shape index (κ2) is 5.89. The second-order valence-corrected chi connectivity index (χ2v) is 5.97. The summed E-state index contributed by atoms with van der Waals surface area (Å²) in [6, 6.07) is 8.58. The van der Waals surface area contributed by atoms with Crippen LogP contribution in [0, 0.1) is 0 Å². The van der Waals surface area contributed by atoms with Crippen LogP contribution in [0.5, 0.6) is 0 Å². The van der Waals surface area contributed by atoms with Crippen LogP contribution in [-0.4, -0.2) is 5.78 Å². The zero-order valence-electron chi connectivity index (χ0n) is 8.99. The molecule has 0 atom stereocenters. The minimum Gasteiger partial charge on any atom is -0.288 e. The van der Waals surface area contributed by atoms with Crippen LogP contribution in [0.4, 0.5) is 0 Å². The quantitative estimate of drug-likeness (QED) is 0.531. The number of benzene rings is 1. The number of carbonyl (C=O) groups is 1. The van der Waals surface area contributed by atoms with Gasteiger partial charge in [0.05, 0.1) is 9.21 Å². The molecular formula is C13H7Cl3OS. The summed E-state index contributed by atoms with van der Waals surface area (Å²) in [6.45, 7) is 0. The average molecular weight is 318 g/mol. The molecule has 0 unspecified atom stereocenters. The standard InChI is InChI=1S/C13H7Cl3OS/c14-9-2-1-3-10(15)8(9)4-5-11(17)12-6-7-13(16)18-12/h1-7H. The van der Waals surface area contributed by atoms with Crippen molar-refractivity contribution in [2.75, 3.05) is 0 Å². The van der Waals surface area contributed by atoms with Gasteiger partial charge in [-0.05, 0) is 36.4 Å². The number of thiophene rings is 1. The molecule has 0 N–H and O–H groups in total. The first-order chi connectivity index (χ1) is 8.58. The van der Waals surface area contributed by atoms with Crippen LogP contribution >= 0.6 is 46.1 Å². The zero-order valence-corrected chi connectivity index (χ0v) is 12.1. The molecule has 1 nitrogen and oxygen atoms in total. The van der Waals surface area contributed by atoms with Crippen LogP contribution in [0.2, 0.25) is 14.4 Å². The van der Waals surface area contributed by atoms with E-state index in [1.54, 1.807) is 36.4 Å². The molecule has 0 fully saturated rings. The van der Waals surface area contributed by atoms with Crippen molar-refractivity contribution in [1.82, 2.24) is 0 Å². The monoisotopic (exact) mass is 316 g/mol. The summed E-state index contributed by atoms with van der Waals surface area (Å²) in [6.07, 6.45) is 3.05. The molecule has 0 amide bonds. The first kappa shape index (κ1) is 13.6. The molecule has 0 aliphatic carbocycles. The van der Waals surface area contributed by atoms with Crippen molar-refractivity contribution in [1.29, 1.82) is 0 Å². The van der Waals surface area contributed by atoms with E-state index in [0.717, 1.165) is 0 Å². The van der Waals surface area contributed by atoms with Crippen LogP contribution < -0.4 is 0 Å². The van der Waals surface area contributed by atoms with E-state index < -0.39 is 0 Å². The van der Waals surface area contributed by atoms with Gasteiger partial charge in [-0.15, -0.1) is 11.3 Å². The third kappa shape index (κ3) is 3.15. The Morgan fingerprint density at radius 1 is 1.06 bits per heavy atom. The number of carbonyl (C=O) groups excluding carboxylic acids is 1. The molecular weight excluding hydrogens is 311 g/mol. The van der Waals surface area contributed by atoms with E-state index in [1.807, 2.05) is 0 Å². The lowest BCUT2D eigenvalue weighted by Crippen LogP contribution is -1.89. The van der Waals surface area contributed by atoms with E-state index in [1.165, 1.54) is 17.4 Å². The molecule has 1 aromatic carbocycles. The van der Waals surface area contributed by atoms with Crippen molar-refractivity contribution in [3.63, 3.8) is 0 Å². The van der Waals surface area contributed by atoms with E-state index in [2.05, 4.69) is 0 Å². The largest absolute Gasteiger partial charge is 0.288 e. The third-order valence-electron chi connectivity index (χ3n) is 2.22. The lowest BCUT2D eigenvalue weighted by molar-refractivity contribution is 0.105. The molecule has 5 heteroatoms. The lowest BCUT2D eigenvalue weighted by Gasteiger charge is -2.00. The first-order valence-electron chi connectivity index (χ1n) is 4.99. The highest BCUT2D eigenvalue weighted by Gasteiger charge is 2.06. The molecule has 0 aliphatic rings. The van der Waals surface area contributed by atoms with Crippen molar-refractivity contribution < 1.29 is 4.79 Å². The predicted octanol–water partition coefficient (Wildman–Crippen LogP) is 5.60. The van der Waals surface area contributed by atoms with Gasteiger partial charge < -0.3 is 0 Å². The minimum atomic E-state index is -0.122. The van der Waals surface area contributed by atoms with Gasteiger partial charge in [0.1, 0.15) is 0 Å². The van der Waals surface area contributed by atoms with Crippen LogP contribution in [0.15, 0.2) is 36.4 Å². The van der Waals surface area contributed by atoms with Crippen molar-refractivity contribution in [2.45, 2.75) is 0 Å². The highest BCUT2D eigenvalue weighted by atomic mass is 35.5. The Kier molecular flexibility index (Phi) is 4.46. The Morgan fingerprint density at radius 2 is 1.72 bits per heavy atom. The first-order valence-corrected chi connectivity index (χ1v) is 6.95. The Labute approximate surface area is 124 Å². The Morgan fingerprint density at radius 3 is 2.28 bits per heavy atom. The summed E-state index contributed by atoms with van der Waals surface area (Å²) in [4.78, 5) is 12.4. The molecule has 0 saturated heterocycles. The molecule has 18 heavy (non-hydrogen) atoms. The maximum atomic E-state index is 11.8. The number of hydrogen-bond acceptors (Lipinski definition) is 2. The van der Waals surface area contributed by atoms with Crippen LogP contribution in [-0.2, 0) is 0 Å². The fourth-order valence-electron chi connectivity index (χ4n) is 1.36. The number of ketones is 1. The molecule has 0 bridgehead atoms. The Balaban J connectivity index is 2.24. The summed E-state index contributed by atoms with van der Waals surface area (Å²) in [5.41, 5.74) is 0.636. The maximum absolute atomic E-state index is 11.8. The van der Waals surface area contributed by atoms with E-state index in [9.17, 15) is 4.79 Å². The van der Waals surface area contributed by atoms with E-state index >= 15 is 0 Å². The van der Waals surface area contributed by atoms with Crippen molar-refractivity contribution >= 4 is 58.0 Å². The molecule has 2 rings (SSSR count). The van der Waals surface area contributed by atoms with E-state index in [-0.39, 0.29) is 5.78 Å². The maximum Gasteiger partial charge on any atom is 0.195 e. The van der Waals surface area contributed by atoms with E-state index in [4.69, 9.17) is 34.8 Å². The summed E-state index contributed by atoms with van der Waals surface area (Å²) < 4.78 is 0.586. The highest BCUT2D eigenvalue weighted by Crippen LogP contribution is 2.26. The predicted molar refractivity (Wildman–Crippen MR) is 79.2 cm³/mol. The molecule has 92 valence electrons. The SMILES string of the molecule is O=C(C=Cc1c(Cl)cccc1Cl)c1ccc(Cl)s1. The molecule has 0 saturated carbocycles. The van der Waals surface area contributed by atoms with Crippen LogP contribution in [0.25, 0.3) is 6.08 Å². The van der Waals surface area contributed by atoms with Gasteiger partial charge in [0.2, 0.25) is 0 Å². The second-order valence-electron chi connectivity index (χ2n) is 3.44. The minimum absolute atomic E-state index is 0.122. The van der Waals surface area contributed by atoms with Gasteiger partial charge in [-0.1, -0.05) is 40.9 Å². The molecule has 0 spiro atoms. The van der Waals surface area contributed by atoms with Gasteiger partial charge in [-0.3, -0.25) is 4.79 Å². The van der Waals surface area contributed by atoms with Crippen molar-refractivity contribution in [2.24, 2.45) is 0 Å². The van der Waals surface area contributed by atoms with Gasteiger partial charge in [0.25, 0.3) is 0 Å². The smallest absolute Gasteiger partial charge is 0.195 e. The van der Waals surface area contributed by atoms with Crippen molar-refractivity contribution in [3.8, 4) is 0 Å². The number of halogens is 3. The fourth-order valence-corrected chi connectivity index (χ4v) is 2.84. The van der Waals surface area contributed by atoms with Gasteiger partial charge in [-0.25, -0.2) is 0 Å². The van der Waals surface area contributed by atoms with Gasteiger partial charge >= 0.3 is 0 Å². The molecule has 1 heterocycles. The average Bonchev–Trinajstić information content (AvgIpc) is 2.75. The molecule has 0 radical (unpaired) electrons. The van der Waals surface area contributed by atoms with Crippen molar-refractivity contribution in [3.05, 3.63) is 61.2 Å². The van der Waals surface area contributed by atoms with Gasteiger partial charge in [-0.2, -0.15) is 0 Å². The third-order valence-corrected chi connectivity index (χ3v) is 4.12. The number of rotatable bonds is 3. The molecule has 2 aromatic rings. The van der Waals surface area contributed by atoms with Gasteiger partial charge in [0, 0.05) is 15.6 Å². The number of hydrogen-bond donors (Lipinski definition) is 0. The van der Waals surface area contributed by atoms with Crippen LogP contribution in [0.3, 0.4) is 0 Å². The summed E-state index contributed by atoms with van der Waals surface area (Å²) in [7, 11) is 0.